The molecule has 3 rings (SSSR count). The second-order valence-electron chi connectivity index (χ2n) is 8.57. The average Bonchev–Trinajstić information content (AvgIpc) is 2.99. The molecule has 0 saturated carbocycles. The molecule has 182 valence electrons. The highest BCUT2D eigenvalue weighted by molar-refractivity contribution is 7.90. The van der Waals surface area contributed by atoms with Gasteiger partial charge >= 0.3 is 0 Å². The fraction of sp³-hybridized carbons (Fsp3) is 0.400. The lowest BCUT2D eigenvalue weighted by Gasteiger charge is -2.32. The number of nitrogens with zero attached hydrogens (tertiary/aromatic N) is 2. The molecule has 1 aliphatic heterocycles. The van der Waals surface area contributed by atoms with E-state index < -0.39 is 34.4 Å². The Kier molecular flexibility index (Phi) is 7.76. The molecule has 0 saturated heterocycles. The molecular formula is C25H31N3O5S. The fourth-order valence-corrected chi connectivity index (χ4v) is 5.49. The van der Waals surface area contributed by atoms with E-state index in [2.05, 4.69) is 5.32 Å². The number of fused-ring (bicyclic) bond motifs is 1. The van der Waals surface area contributed by atoms with Gasteiger partial charge in [-0.05, 0) is 44.4 Å². The molecule has 0 radical (unpaired) electrons. The van der Waals surface area contributed by atoms with Crippen LogP contribution < -0.4 is 5.32 Å². The first-order valence-corrected chi connectivity index (χ1v) is 12.9. The predicted molar refractivity (Wildman–Crippen MR) is 128 cm³/mol. The highest BCUT2D eigenvalue weighted by Gasteiger charge is 2.43. The highest BCUT2D eigenvalue weighted by atomic mass is 32.2. The molecule has 8 nitrogen and oxygen atoms in total. The molecule has 3 amide bonds. The molecule has 2 unspecified atom stereocenters. The van der Waals surface area contributed by atoms with E-state index in [9.17, 15) is 22.8 Å². The van der Waals surface area contributed by atoms with Gasteiger partial charge < -0.3 is 10.2 Å². The van der Waals surface area contributed by atoms with Crippen LogP contribution in [0.4, 0.5) is 0 Å². The van der Waals surface area contributed by atoms with Crippen molar-refractivity contribution in [3.05, 3.63) is 65.2 Å². The van der Waals surface area contributed by atoms with E-state index in [1.165, 1.54) is 23.1 Å². The molecule has 34 heavy (non-hydrogen) atoms. The molecule has 0 bridgehead atoms. The molecule has 1 heterocycles. The van der Waals surface area contributed by atoms with Gasteiger partial charge in [-0.2, -0.15) is 0 Å². The number of rotatable bonds is 9. The zero-order valence-electron chi connectivity index (χ0n) is 19.9. The summed E-state index contributed by atoms with van der Waals surface area (Å²) in [6, 6.07) is 12.5. The Labute approximate surface area is 201 Å². The van der Waals surface area contributed by atoms with Gasteiger partial charge in [-0.1, -0.05) is 55.8 Å². The van der Waals surface area contributed by atoms with E-state index in [0.29, 0.717) is 10.7 Å². The second-order valence-corrected chi connectivity index (χ2v) is 10.4. The molecule has 9 heteroatoms. The average molecular weight is 486 g/mol. The van der Waals surface area contributed by atoms with Crippen molar-refractivity contribution in [2.24, 2.45) is 0 Å². The summed E-state index contributed by atoms with van der Waals surface area (Å²) in [5, 5.41) is 2.91. The number of aryl methyl sites for hydroxylation is 1. The van der Waals surface area contributed by atoms with Gasteiger partial charge in [-0.25, -0.2) is 12.7 Å². The highest BCUT2D eigenvalue weighted by Crippen LogP contribution is 2.30. The van der Waals surface area contributed by atoms with Crippen molar-refractivity contribution < 1.29 is 22.8 Å². The molecule has 2 aromatic carbocycles. The summed E-state index contributed by atoms with van der Waals surface area (Å²) in [6.07, 6.45) is 1.06. The summed E-state index contributed by atoms with van der Waals surface area (Å²) in [7, 11) is -4.14. The van der Waals surface area contributed by atoms with Crippen LogP contribution in [0.15, 0.2) is 53.4 Å². The standard InChI is InChI=1S/C25H31N3O5S/c1-5-18(4)26-24(30)21(6-2)27(15-19-11-9-10-17(3)14-19)23(29)16-28-25(31)20-12-7-8-13-22(20)34(28,32)33/h7-14,18,21H,5-6,15-16H2,1-4H3,(H,26,30). The Bertz CT molecular complexity index is 1190. The number of carbonyl (C=O) groups is 3. The van der Waals surface area contributed by atoms with Crippen LogP contribution in [0.2, 0.25) is 0 Å². The summed E-state index contributed by atoms with van der Waals surface area (Å²) in [4.78, 5) is 40.7. The quantitative estimate of drug-likeness (QED) is 0.588. The van der Waals surface area contributed by atoms with Gasteiger partial charge in [0.2, 0.25) is 11.8 Å². The van der Waals surface area contributed by atoms with Crippen LogP contribution in [0.3, 0.4) is 0 Å². The van der Waals surface area contributed by atoms with Gasteiger partial charge in [0, 0.05) is 12.6 Å². The lowest BCUT2D eigenvalue weighted by molar-refractivity contribution is -0.141. The van der Waals surface area contributed by atoms with E-state index >= 15 is 0 Å². The van der Waals surface area contributed by atoms with Gasteiger partial charge in [0.15, 0.2) is 0 Å². The Balaban J connectivity index is 1.93. The minimum absolute atomic E-state index is 0.0436. The number of hydrogen-bond donors (Lipinski definition) is 1. The van der Waals surface area contributed by atoms with Crippen LogP contribution >= 0.6 is 0 Å². The van der Waals surface area contributed by atoms with Crippen molar-refractivity contribution in [3.8, 4) is 0 Å². The summed E-state index contributed by atoms with van der Waals surface area (Å²) in [6.45, 7) is 6.99. The second kappa shape index (κ2) is 10.4. The number of benzene rings is 2. The summed E-state index contributed by atoms with van der Waals surface area (Å²) >= 11 is 0. The fourth-order valence-electron chi connectivity index (χ4n) is 3.97. The van der Waals surface area contributed by atoms with E-state index in [1.54, 1.807) is 13.0 Å². The van der Waals surface area contributed by atoms with Gasteiger partial charge in [0.25, 0.3) is 15.9 Å². The smallest absolute Gasteiger partial charge is 0.269 e. The third-order valence-corrected chi connectivity index (χ3v) is 7.80. The van der Waals surface area contributed by atoms with E-state index in [1.807, 2.05) is 45.0 Å². The molecular weight excluding hydrogens is 454 g/mol. The first-order chi connectivity index (χ1) is 16.1. The molecule has 1 N–H and O–H groups in total. The van der Waals surface area contributed by atoms with Gasteiger partial charge in [0.1, 0.15) is 17.5 Å². The molecule has 1 aliphatic rings. The summed E-state index contributed by atoms with van der Waals surface area (Å²) in [5.41, 5.74) is 1.85. The number of hydrogen-bond acceptors (Lipinski definition) is 5. The molecule has 0 fully saturated rings. The van der Waals surface area contributed by atoms with Crippen LogP contribution in [0.1, 0.15) is 55.1 Å². The van der Waals surface area contributed by atoms with Gasteiger partial charge in [0.05, 0.1) is 5.56 Å². The van der Waals surface area contributed by atoms with Crippen molar-refractivity contribution in [2.75, 3.05) is 6.54 Å². The molecule has 0 aliphatic carbocycles. The zero-order chi connectivity index (χ0) is 25.0. The Morgan fingerprint density at radius 3 is 2.38 bits per heavy atom. The third kappa shape index (κ3) is 5.14. The lowest BCUT2D eigenvalue weighted by Crippen LogP contribution is -2.53. The monoisotopic (exact) mass is 485 g/mol. The number of carbonyl (C=O) groups excluding carboxylic acids is 3. The first kappa shape index (κ1) is 25.4. The van der Waals surface area contributed by atoms with Gasteiger partial charge in [-0.15, -0.1) is 0 Å². The normalized spacial score (nSPS) is 16.0. The maximum atomic E-state index is 13.5. The van der Waals surface area contributed by atoms with Crippen LogP contribution in [-0.2, 0) is 26.2 Å². The van der Waals surface area contributed by atoms with Crippen molar-refractivity contribution in [3.63, 3.8) is 0 Å². The van der Waals surface area contributed by atoms with Gasteiger partial charge in [-0.3, -0.25) is 14.4 Å². The van der Waals surface area contributed by atoms with Crippen molar-refractivity contribution >= 4 is 27.7 Å². The summed E-state index contributed by atoms with van der Waals surface area (Å²) < 4.78 is 26.5. The Morgan fingerprint density at radius 1 is 1.06 bits per heavy atom. The van der Waals surface area contributed by atoms with Crippen molar-refractivity contribution in [1.29, 1.82) is 0 Å². The SMILES string of the molecule is CCC(C)NC(=O)C(CC)N(Cc1cccc(C)c1)C(=O)CN1C(=O)c2ccccc2S1(=O)=O. The predicted octanol–water partition coefficient (Wildman–Crippen LogP) is 2.86. The maximum absolute atomic E-state index is 13.5. The van der Waals surface area contributed by atoms with E-state index in [4.69, 9.17) is 0 Å². The molecule has 0 spiro atoms. The first-order valence-electron chi connectivity index (χ1n) is 11.4. The number of amides is 3. The topological polar surface area (TPSA) is 104 Å². The molecule has 2 atom stereocenters. The minimum Gasteiger partial charge on any atom is -0.352 e. The number of sulfonamides is 1. The number of nitrogens with one attached hydrogen (secondary N) is 1. The van der Waals surface area contributed by atoms with Crippen LogP contribution in [0, 0.1) is 6.92 Å². The van der Waals surface area contributed by atoms with Crippen LogP contribution in [-0.4, -0.2) is 54.0 Å². The van der Waals surface area contributed by atoms with Crippen molar-refractivity contribution in [2.45, 2.75) is 64.1 Å². The molecule has 0 aromatic heterocycles. The maximum Gasteiger partial charge on any atom is 0.269 e. The van der Waals surface area contributed by atoms with Crippen LogP contribution in [0.25, 0.3) is 0 Å². The zero-order valence-corrected chi connectivity index (χ0v) is 20.8. The summed E-state index contributed by atoms with van der Waals surface area (Å²) in [5.74, 6) is -1.66. The largest absolute Gasteiger partial charge is 0.352 e. The van der Waals surface area contributed by atoms with Crippen molar-refractivity contribution in [1.82, 2.24) is 14.5 Å². The minimum atomic E-state index is -4.14. The Hall–Kier alpha value is -3.20. The Morgan fingerprint density at radius 2 is 1.76 bits per heavy atom. The molecule has 2 aromatic rings. The lowest BCUT2D eigenvalue weighted by atomic mass is 10.1. The van der Waals surface area contributed by atoms with E-state index in [0.717, 1.165) is 17.5 Å². The van der Waals surface area contributed by atoms with E-state index in [-0.39, 0.29) is 29.0 Å². The third-order valence-electron chi connectivity index (χ3n) is 6.01. The van der Waals surface area contributed by atoms with Crippen LogP contribution in [0.5, 0.6) is 0 Å².